The van der Waals surface area contributed by atoms with Crippen molar-refractivity contribution in [1.82, 2.24) is 19.6 Å². The van der Waals surface area contributed by atoms with E-state index < -0.39 is 0 Å². The number of aryl methyl sites for hydroxylation is 1. The van der Waals surface area contributed by atoms with Crippen LogP contribution in [0.2, 0.25) is 0 Å². The predicted molar refractivity (Wildman–Crippen MR) is 88.4 cm³/mol. The second-order valence-electron chi connectivity index (χ2n) is 6.37. The van der Waals surface area contributed by atoms with Gasteiger partial charge in [-0.2, -0.15) is 5.10 Å². The highest BCUT2D eigenvalue weighted by Gasteiger charge is 2.18. The molecule has 1 saturated heterocycles. The van der Waals surface area contributed by atoms with Crippen LogP contribution >= 0.6 is 0 Å². The summed E-state index contributed by atoms with van der Waals surface area (Å²) in [5, 5.41) is 4.52. The molecular weight excluding hydrogens is 260 g/mol. The number of likely N-dealkylation sites (N-methyl/N-ethyl adjacent to an activating group) is 1. The van der Waals surface area contributed by atoms with Crippen molar-refractivity contribution in [3.63, 3.8) is 0 Å². The molecule has 0 amide bonds. The van der Waals surface area contributed by atoms with Gasteiger partial charge in [-0.1, -0.05) is 12.5 Å². The number of rotatable bonds is 7. The summed E-state index contributed by atoms with van der Waals surface area (Å²) in [5.74, 6) is 0. The number of hydrogen-bond acceptors (Lipinski definition) is 3. The average molecular weight is 290 g/mol. The lowest BCUT2D eigenvalue weighted by Crippen LogP contribution is -2.41. The van der Waals surface area contributed by atoms with Gasteiger partial charge in [-0.3, -0.25) is 9.58 Å². The fourth-order valence-electron chi connectivity index (χ4n) is 3.10. The Labute approximate surface area is 129 Å². The third kappa shape index (κ3) is 4.68. The summed E-state index contributed by atoms with van der Waals surface area (Å²) in [6.45, 7) is 13.6. The van der Waals surface area contributed by atoms with Gasteiger partial charge in [-0.25, -0.2) is 0 Å². The van der Waals surface area contributed by atoms with E-state index in [9.17, 15) is 0 Å². The highest BCUT2D eigenvalue weighted by atomic mass is 15.3. The van der Waals surface area contributed by atoms with Crippen LogP contribution in [-0.4, -0.2) is 52.3 Å². The Morgan fingerprint density at radius 1 is 1.48 bits per heavy atom. The highest BCUT2D eigenvalue weighted by Crippen LogP contribution is 2.16. The van der Waals surface area contributed by atoms with Crippen LogP contribution in [0.25, 0.3) is 0 Å². The van der Waals surface area contributed by atoms with Crippen molar-refractivity contribution in [3.8, 4) is 0 Å². The molecule has 2 rings (SSSR count). The second-order valence-corrected chi connectivity index (χ2v) is 6.37. The summed E-state index contributed by atoms with van der Waals surface area (Å²) >= 11 is 0. The maximum Gasteiger partial charge on any atom is 0.0638 e. The third-order valence-electron chi connectivity index (χ3n) is 4.51. The van der Waals surface area contributed by atoms with Gasteiger partial charge in [0.1, 0.15) is 0 Å². The van der Waals surface area contributed by atoms with Gasteiger partial charge in [0.05, 0.1) is 12.2 Å². The van der Waals surface area contributed by atoms with Gasteiger partial charge in [0, 0.05) is 37.4 Å². The third-order valence-corrected chi connectivity index (χ3v) is 4.51. The van der Waals surface area contributed by atoms with Crippen molar-refractivity contribution >= 4 is 0 Å². The van der Waals surface area contributed by atoms with E-state index in [1.54, 1.807) is 0 Å². The largest absolute Gasteiger partial charge is 0.301 e. The standard InChI is InChI=1S/C17H30N4/c1-5-9-21-14-17(16(3)18-21)13-19(4)11-12-20-10-7-6-8-15(20)2/h5,14-15H,1,6-13H2,2-4H3/t15-/m1/s1. The first-order valence-electron chi connectivity index (χ1n) is 8.16. The molecule has 0 bridgehead atoms. The van der Waals surface area contributed by atoms with Crippen LogP contribution in [0.3, 0.4) is 0 Å². The van der Waals surface area contributed by atoms with Gasteiger partial charge < -0.3 is 4.90 Å². The number of likely N-dealkylation sites (tertiary alicyclic amines) is 1. The van der Waals surface area contributed by atoms with E-state index in [0.717, 1.165) is 31.4 Å². The molecule has 2 heterocycles. The maximum absolute atomic E-state index is 4.52. The summed E-state index contributed by atoms with van der Waals surface area (Å²) in [6, 6.07) is 0.754. The molecule has 1 aliphatic rings. The zero-order valence-electron chi connectivity index (χ0n) is 13.9. The van der Waals surface area contributed by atoms with E-state index in [4.69, 9.17) is 0 Å². The normalized spacial score (nSPS) is 20.1. The number of piperidine rings is 1. The molecule has 0 radical (unpaired) electrons. The van der Waals surface area contributed by atoms with Gasteiger partial charge >= 0.3 is 0 Å². The van der Waals surface area contributed by atoms with Crippen LogP contribution in [0.15, 0.2) is 18.9 Å². The second kappa shape index (κ2) is 7.76. The summed E-state index contributed by atoms with van der Waals surface area (Å²) in [7, 11) is 2.21. The molecule has 1 aromatic rings. The van der Waals surface area contributed by atoms with Gasteiger partial charge in [0.15, 0.2) is 0 Å². The smallest absolute Gasteiger partial charge is 0.0638 e. The number of hydrogen-bond donors (Lipinski definition) is 0. The molecule has 0 aromatic carbocycles. The molecule has 0 N–H and O–H groups in total. The van der Waals surface area contributed by atoms with Gasteiger partial charge in [-0.05, 0) is 40.3 Å². The minimum absolute atomic E-state index is 0.754. The fraction of sp³-hybridized carbons (Fsp3) is 0.706. The minimum Gasteiger partial charge on any atom is -0.301 e. The molecule has 0 spiro atoms. The van der Waals surface area contributed by atoms with Crippen molar-refractivity contribution in [3.05, 3.63) is 30.1 Å². The van der Waals surface area contributed by atoms with E-state index in [1.165, 1.54) is 37.9 Å². The van der Waals surface area contributed by atoms with Crippen molar-refractivity contribution < 1.29 is 0 Å². The number of aromatic nitrogens is 2. The van der Waals surface area contributed by atoms with Crippen LogP contribution in [0.5, 0.6) is 0 Å². The summed E-state index contributed by atoms with van der Waals surface area (Å²) in [6.07, 6.45) is 8.16. The lowest BCUT2D eigenvalue weighted by molar-refractivity contribution is 0.141. The van der Waals surface area contributed by atoms with Crippen LogP contribution in [0, 0.1) is 6.92 Å². The molecule has 4 nitrogen and oxygen atoms in total. The number of nitrogens with zero attached hydrogens (tertiary/aromatic N) is 4. The lowest BCUT2D eigenvalue weighted by atomic mass is 10.0. The molecule has 1 fully saturated rings. The Bertz CT molecular complexity index is 452. The first-order valence-corrected chi connectivity index (χ1v) is 8.16. The van der Waals surface area contributed by atoms with Gasteiger partial charge in [-0.15, -0.1) is 6.58 Å². The van der Waals surface area contributed by atoms with Crippen molar-refractivity contribution in [1.29, 1.82) is 0 Å². The molecule has 118 valence electrons. The van der Waals surface area contributed by atoms with Crippen molar-refractivity contribution in [2.75, 3.05) is 26.7 Å². The van der Waals surface area contributed by atoms with E-state index in [0.29, 0.717) is 0 Å². The Kier molecular flexibility index (Phi) is 6.00. The predicted octanol–water partition coefficient (Wildman–Crippen LogP) is 2.68. The fourth-order valence-corrected chi connectivity index (χ4v) is 3.10. The highest BCUT2D eigenvalue weighted by molar-refractivity contribution is 5.15. The molecule has 1 aromatic heterocycles. The molecule has 4 heteroatoms. The number of allylic oxidation sites excluding steroid dienone is 1. The van der Waals surface area contributed by atoms with Crippen molar-refractivity contribution in [2.24, 2.45) is 0 Å². The molecule has 1 aliphatic heterocycles. The summed E-state index contributed by atoms with van der Waals surface area (Å²) in [4.78, 5) is 5.04. The quantitative estimate of drug-likeness (QED) is 0.722. The van der Waals surface area contributed by atoms with E-state index in [-0.39, 0.29) is 0 Å². The SMILES string of the molecule is C=CCn1cc(CN(C)CCN2CCCC[C@H]2C)c(C)n1. The van der Waals surface area contributed by atoms with Crippen LogP contribution in [0.1, 0.15) is 37.4 Å². The lowest BCUT2D eigenvalue weighted by Gasteiger charge is -2.34. The topological polar surface area (TPSA) is 24.3 Å². The Morgan fingerprint density at radius 3 is 3.00 bits per heavy atom. The first kappa shape index (κ1) is 16.2. The Balaban J connectivity index is 1.81. The molecule has 0 saturated carbocycles. The minimum atomic E-state index is 0.754. The molecule has 1 atom stereocenters. The molecule has 0 unspecified atom stereocenters. The van der Waals surface area contributed by atoms with E-state index in [1.807, 2.05) is 10.8 Å². The van der Waals surface area contributed by atoms with Crippen LogP contribution in [-0.2, 0) is 13.1 Å². The summed E-state index contributed by atoms with van der Waals surface area (Å²) < 4.78 is 1.97. The molecule has 0 aliphatic carbocycles. The van der Waals surface area contributed by atoms with E-state index >= 15 is 0 Å². The van der Waals surface area contributed by atoms with Crippen LogP contribution in [0.4, 0.5) is 0 Å². The first-order chi connectivity index (χ1) is 10.1. The summed E-state index contributed by atoms with van der Waals surface area (Å²) in [5.41, 5.74) is 2.46. The zero-order chi connectivity index (χ0) is 15.2. The van der Waals surface area contributed by atoms with Gasteiger partial charge in [0.25, 0.3) is 0 Å². The van der Waals surface area contributed by atoms with Gasteiger partial charge in [0.2, 0.25) is 0 Å². The Hall–Kier alpha value is -1.13. The molecule has 21 heavy (non-hydrogen) atoms. The Morgan fingerprint density at radius 2 is 2.29 bits per heavy atom. The monoisotopic (exact) mass is 290 g/mol. The average Bonchev–Trinajstić information content (AvgIpc) is 2.78. The maximum atomic E-state index is 4.52. The van der Waals surface area contributed by atoms with Crippen LogP contribution < -0.4 is 0 Å². The molecular formula is C17H30N4. The van der Waals surface area contributed by atoms with Crippen molar-refractivity contribution in [2.45, 2.75) is 52.2 Å². The van der Waals surface area contributed by atoms with E-state index in [2.05, 4.69) is 48.6 Å². The zero-order valence-corrected chi connectivity index (χ0v) is 13.9.